The molecule has 124 valence electrons. The fourth-order valence-electron chi connectivity index (χ4n) is 3.05. The normalized spacial score (nSPS) is 18.5. The first-order valence-corrected chi connectivity index (χ1v) is 8.49. The fourth-order valence-corrected chi connectivity index (χ4v) is 4.17. The van der Waals surface area contributed by atoms with Crippen molar-refractivity contribution in [3.63, 3.8) is 0 Å². The molecular formula is C17H14F3N3S. The quantitative estimate of drug-likeness (QED) is 0.648. The van der Waals surface area contributed by atoms with Gasteiger partial charge in [0.2, 0.25) is 0 Å². The number of benzene rings is 1. The van der Waals surface area contributed by atoms with Gasteiger partial charge in [-0.25, -0.2) is 9.97 Å². The molecule has 1 fully saturated rings. The minimum absolute atomic E-state index is 0.0756. The molecule has 0 N–H and O–H groups in total. The number of halogens is 3. The van der Waals surface area contributed by atoms with Crippen LogP contribution in [0.5, 0.6) is 0 Å². The molecule has 0 bridgehead atoms. The van der Waals surface area contributed by atoms with E-state index in [1.165, 1.54) is 6.07 Å². The molecular weight excluding hydrogens is 335 g/mol. The molecule has 3 heterocycles. The molecule has 0 aliphatic carbocycles. The predicted octanol–water partition coefficient (Wildman–Crippen LogP) is 5.05. The Labute approximate surface area is 140 Å². The van der Waals surface area contributed by atoms with E-state index in [2.05, 4.69) is 9.88 Å². The maximum absolute atomic E-state index is 12.7. The highest BCUT2D eigenvalue weighted by molar-refractivity contribution is 7.18. The number of fused-ring (bicyclic) bond motifs is 1. The van der Waals surface area contributed by atoms with E-state index in [1.54, 1.807) is 11.3 Å². The Bertz CT molecular complexity index is 824. The number of para-hydroxylation sites is 1. The Kier molecular flexibility index (Phi) is 3.68. The molecule has 7 heteroatoms. The Morgan fingerprint density at radius 1 is 1.12 bits per heavy atom. The smallest absolute Gasteiger partial charge is 0.347 e. The Morgan fingerprint density at radius 2 is 1.96 bits per heavy atom. The summed E-state index contributed by atoms with van der Waals surface area (Å²) in [5.41, 5.74) is 0.242. The number of aromatic nitrogens is 2. The number of rotatable bonds is 2. The van der Waals surface area contributed by atoms with Gasteiger partial charge in [0.25, 0.3) is 0 Å². The molecule has 2 aromatic heterocycles. The van der Waals surface area contributed by atoms with E-state index in [1.807, 2.05) is 24.3 Å². The monoisotopic (exact) mass is 349 g/mol. The van der Waals surface area contributed by atoms with Gasteiger partial charge in [-0.2, -0.15) is 13.2 Å². The van der Waals surface area contributed by atoms with Gasteiger partial charge in [0.1, 0.15) is 10.8 Å². The SMILES string of the molecule is FC(F)(F)c1ccc(N2CCCC2c2nc3ccccc3s2)nc1. The highest BCUT2D eigenvalue weighted by Gasteiger charge is 2.33. The van der Waals surface area contributed by atoms with Gasteiger partial charge in [-0.05, 0) is 37.1 Å². The topological polar surface area (TPSA) is 29.0 Å². The molecule has 1 saturated heterocycles. The summed E-state index contributed by atoms with van der Waals surface area (Å²) in [5.74, 6) is 0.574. The van der Waals surface area contributed by atoms with Crippen molar-refractivity contribution in [3.05, 3.63) is 53.2 Å². The number of hydrogen-bond acceptors (Lipinski definition) is 4. The average molecular weight is 349 g/mol. The number of nitrogens with zero attached hydrogens (tertiary/aromatic N) is 3. The van der Waals surface area contributed by atoms with Gasteiger partial charge in [-0.3, -0.25) is 0 Å². The van der Waals surface area contributed by atoms with E-state index >= 15 is 0 Å². The second-order valence-electron chi connectivity index (χ2n) is 5.77. The zero-order valence-electron chi connectivity index (χ0n) is 12.6. The number of hydrogen-bond donors (Lipinski definition) is 0. The summed E-state index contributed by atoms with van der Waals surface area (Å²) in [7, 11) is 0. The highest BCUT2D eigenvalue weighted by atomic mass is 32.1. The lowest BCUT2D eigenvalue weighted by Crippen LogP contribution is -2.23. The second-order valence-corrected chi connectivity index (χ2v) is 6.84. The molecule has 0 spiro atoms. The first kappa shape index (κ1) is 15.4. The van der Waals surface area contributed by atoms with Gasteiger partial charge >= 0.3 is 6.18 Å². The maximum atomic E-state index is 12.7. The summed E-state index contributed by atoms with van der Waals surface area (Å²) >= 11 is 1.64. The Balaban J connectivity index is 1.65. The molecule has 0 radical (unpaired) electrons. The second kappa shape index (κ2) is 5.73. The molecule has 1 aliphatic rings. The van der Waals surface area contributed by atoms with Crippen LogP contribution in [0.25, 0.3) is 10.2 Å². The molecule has 24 heavy (non-hydrogen) atoms. The molecule has 1 unspecified atom stereocenters. The van der Waals surface area contributed by atoms with Crippen molar-refractivity contribution in [2.75, 3.05) is 11.4 Å². The molecule has 0 amide bonds. The summed E-state index contributed by atoms with van der Waals surface area (Å²) in [4.78, 5) is 10.8. The van der Waals surface area contributed by atoms with Crippen molar-refractivity contribution in [1.82, 2.24) is 9.97 Å². The highest BCUT2D eigenvalue weighted by Crippen LogP contribution is 2.39. The van der Waals surface area contributed by atoms with E-state index in [-0.39, 0.29) is 6.04 Å². The van der Waals surface area contributed by atoms with Gasteiger partial charge < -0.3 is 4.90 Å². The van der Waals surface area contributed by atoms with Crippen LogP contribution in [0, 0.1) is 0 Å². The molecule has 3 nitrogen and oxygen atoms in total. The lowest BCUT2D eigenvalue weighted by molar-refractivity contribution is -0.137. The van der Waals surface area contributed by atoms with Crippen LogP contribution in [0.3, 0.4) is 0 Å². The van der Waals surface area contributed by atoms with Crippen LogP contribution in [0.4, 0.5) is 19.0 Å². The third kappa shape index (κ3) is 2.73. The summed E-state index contributed by atoms with van der Waals surface area (Å²) in [5, 5.41) is 0.996. The van der Waals surface area contributed by atoms with Crippen LogP contribution in [0.15, 0.2) is 42.6 Å². The molecule has 0 saturated carbocycles. The first-order valence-electron chi connectivity index (χ1n) is 7.68. The predicted molar refractivity (Wildman–Crippen MR) is 88.2 cm³/mol. The first-order chi connectivity index (χ1) is 11.5. The van der Waals surface area contributed by atoms with Gasteiger partial charge in [0, 0.05) is 12.7 Å². The standard InChI is InChI=1S/C17H14F3N3S/c18-17(19,20)11-7-8-15(21-10-11)23-9-3-5-13(23)16-22-12-4-1-2-6-14(12)24-16/h1-2,4,6-8,10,13H,3,5,9H2. The number of thiazole rings is 1. The largest absolute Gasteiger partial charge is 0.417 e. The van der Waals surface area contributed by atoms with Gasteiger partial charge in [-0.1, -0.05) is 12.1 Å². The zero-order valence-corrected chi connectivity index (χ0v) is 13.4. The van der Waals surface area contributed by atoms with E-state index in [4.69, 9.17) is 4.98 Å². The Hall–Kier alpha value is -2.15. The lowest BCUT2D eigenvalue weighted by atomic mass is 10.2. The van der Waals surface area contributed by atoms with Crippen LogP contribution in [0.1, 0.15) is 29.5 Å². The third-order valence-corrected chi connectivity index (χ3v) is 5.36. The van der Waals surface area contributed by atoms with Gasteiger partial charge in [0.15, 0.2) is 0 Å². The average Bonchev–Trinajstić information content (AvgIpc) is 3.20. The van der Waals surface area contributed by atoms with Crippen molar-refractivity contribution in [2.24, 2.45) is 0 Å². The maximum Gasteiger partial charge on any atom is 0.417 e. The minimum Gasteiger partial charge on any atom is -0.347 e. The van der Waals surface area contributed by atoms with E-state index in [9.17, 15) is 13.2 Å². The molecule has 1 aromatic carbocycles. The van der Waals surface area contributed by atoms with Crippen molar-refractivity contribution in [1.29, 1.82) is 0 Å². The van der Waals surface area contributed by atoms with Crippen LogP contribution in [0.2, 0.25) is 0 Å². The van der Waals surface area contributed by atoms with Crippen LogP contribution in [-0.4, -0.2) is 16.5 Å². The number of alkyl halides is 3. The molecule has 4 rings (SSSR count). The van der Waals surface area contributed by atoms with E-state index in [0.717, 1.165) is 46.9 Å². The number of pyridine rings is 1. The van der Waals surface area contributed by atoms with Gasteiger partial charge in [0.05, 0.1) is 21.8 Å². The van der Waals surface area contributed by atoms with Crippen LogP contribution >= 0.6 is 11.3 Å². The number of anilines is 1. The molecule has 1 aliphatic heterocycles. The van der Waals surface area contributed by atoms with E-state index < -0.39 is 11.7 Å². The lowest BCUT2D eigenvalue weighted by Gasteiger charge is -2.24. The minimum atomic E-state index is -4.36. The van der Waals surface area contributed by atoms with Crippen molar-refractivity contribution < 1.29 is 13.2 Å². The summed E-state index contributed by atoms with van der Waals surface area (Å²) in [6, 6.07) is 10.6. The third-order valence-electron chi connectivity index (χ3n) is 4.22. The zero-order chi connectivity index (χ0) is 16.7. The van der Waals surface area contributed by atoms with Crippen molar-refractivity contribution in [3.8, 4) is 0 Å². The summed E-state index contributed by atoms with van der Waals surface area (Å²) in [6.45, 7) is 0.777. The molecule has 1 atom stereocenters. The van der Waals surface area contributed by atoms with Gasteiger partial charge in [-0.15, -0.1) is 11.3 Å². The van der Waals surface area contributed by atoms with Crippen LogP contribution in [-0.2, 0) is 6.18 Å². The summed E-state index contributed by atoms with van der Waals surface area (Å²) in [6.07, 6.45) is -1.54. The van der Waals surface area contributed by atoms with E-state index in [0.29, 0.717) is 5.82 Å². The molecule has 3 aromatic rings. The van der Waals surface area contributed by atoms with Crippen LogP contribution < -0.4 is 4.90 Å². The van der Waals surface area contributed by atoms with Crippen molar-refractivity contribution in [2.45, 2.75) is 25.1 Å². The Morgan fingerprint density at radius 3 is 2.67 bits per heavy atom. The van der Waals surface area contributed by atoms with Crippen molar-refractivity contribution >= 4 is 27.4 Å². The fraction of sp³-hybridized carbons (Fsp3) is 0.294. The summed E-state index contributed by atoms with van der Waals surface area (Å²) < 4.78 is 39.2.